The number of hydrogen-bond acceptors (Lipinski definition) is 3. The van der Waals surface area contributed by atoms with Gasteiger partial charge in [0.2, 0.25) is 5.91 Å². The Hall–Kier alpha value is -1.55. The zero-order valence-electron chi connectivity index (χ0n) is 11.9. The smallest absolute Gasteiger partial charge is 0.227 e. The van der Waals surface area contributed by atoms with Crippen molar-refractivity contribution in [3.05, 3.63) is 24.3 Å². The van der Waals surface area contributed by atoms with Crippen molar-refractivity contribution in [2.45, 2.75) is 38.1 Å². The maximum atomic E-state index is 11.9. The van der Waals surface area contributed by atoms with E-state index in [4.69, 9.17) is 0 Å². The molecule has 0 saturated carbocycles. The average molecular weight is 273 g/mol. The Kier molecular flexibility index (Phi) is 4.21. The van der Waals surface area contributed by atoms with Gasteiger partial charge in [-0.05, 0) is 37.9 Å². The molecule has 2 aliphatic rings. The maximum Gasteiger partial charge on any atom is 0.227 e. The van der Waals surface area contributed by atoms with Crippen molar-refractivity contribution < 1.29 is 4.79 Å². The van der Waals surface area contributed by atoms with Crippen molar-refractivity contribution in [2.24, 2.45) is 0 Å². The van der Waals surface area contributed by atoms with Crippen LogP contribution < -0.4 is 15.5 Å². The fraction of sp³-hybridized carbons (Fsp3) is 0.562. The fourth-order valence-electron chi connectivity index (χ4n) is 3.09. The average Bonchev–Trinajstić information content (AvgIpc) is 2.92. The highest BCUT2D eigenvalue weighted by Gasteiger charge is 2.23. The van der Waals surface area contributed by atoms with Gasteiger partial charge in [0, 0.05) is 25.6 Å². The molecule has 2 heterocycles. The van der Waals surface area contributed by atoms with Crippen LogP contribution in [-0.4, -0.2) is 31.6 Å². The first-order valence-electron chi connectivity index (χ1n) is 7.71. The summed E-state index contributed by atoms with van der Waals surface area (Å²) in [4.78, 5) is 13.8. The predicted octanol–water partition coefficient (Wildman–Crippen LogP) is 2.37. The Morgan fingerprint density at radius 3 is 2.90 bits per heavy atom. The number of para-hydroxylation sites is 2. The number of nitrogens with one attached hydrogen (secondary N) is 2. The quantitative estimate of drug-likeness (QED) is 0.885. The molecule has 2 N–H and O–H groups in total. The Bertz CT molecular complexity index is 469. The van der Waals surface area contributed by atoms with Crippen LogP contribution in [0.5, 0.6) is 0 Å². The third kappa shape index (κ3) is 2.96. The number of anilines is 2. The van der Waals surface area contributed by atoms with Crippen LogP contribution in [0, 0.1) is 0 Å². The number of carbonyl (C=O) groups is 1. The maximum absolute atomic E-state index is 11.9. The van der Waals surface area contributed by atoms with Gasteiger partial charge in [-0.1, -0.05) is 18.6 Å². The van der Waals surface area contributed by atoms with Crippen molar-refractivity contribution in [2.75, 3.05) is 29.9 Å². The number of piperidine rings is 1. The van der Waals surface area contributed by atoms with E-state index < -0.39 is 0 Å². The van der Waals surface area contributed by atoms with Crippen LogP contribution >= 0.6 is 0 Å². The summed E-state index contributed by atoms with van der Waals surface area (Å²) in [5.74, 6) is 0.245. The Balaban J connectivity index is 1.67. The Labute approximate surface area is 120 Å². The SMILES string of the molecule is O=C1CCCN1c1ccccc1NCC1CCCCN1. The van der Waals surface area contributed by atoms with Gasteiger partial charge < -0.3 is 15.5 Å². The summed E-state index contributed by atoms with van der Waals surface area (Å²) < 4.78 is 0. The standard InChI is InChI=1S/C16H23N3O/c20-16-9-5-11-19(16)15-8-2-1-7-14(15)18-12-13-6-3-4-10-17-13/h1-2,7-8,13,17-18H,3-6,9-12H2. The van der Waals surface area contributed by atoms with Crippen molar-refractivity contribution in [3.8, 4) is 0 Å². The molecule has 0 aliphatic carbocycles. The summed E-state index contributed by atoms with van der Waals surface area (Å²) in [6.45, 7) is 2.90. The van der Waals surface area contributed by atoms with Gasteiger partial charge in [-0.25, -0.2) is 0 Å². The zero-order chi connectivity index (χ0) is 13.8. The van der Waals surface area contributed by atoms with Crippen LogP contribution in [0.25, 0.3) is 0 Å². The number of amides is 1. The molecule has 2 fully saturated rings. The minimum atomic E-state index is 0.245. The number of benzene rings is 1. The third-order valence-electron chi connectivity index (χ3n) is 4.22. The van der Waals surface area contributed by atoms with Crippen LogP contribution in [0.15, 0.2) is 24.3 Å². The van der Waals surface area contributed by atoms with E-state index in [0.717, 1.165) is 37.4 Å². The molecule has 0 spiro atoms. The lowest BCUT2D eigenvalue weighted by atomic mass is 10.1. The molecule has 0 radical (unpaired) electrons. The molecular weight excluding hydrogens is 250 g/mol. The van der Waals surface area contributed by atoms with Crippen molar-refractivity contribution >= 4 is 17.3 Å². The monoisotopic (exact) mass is 273 g/mol. The van der Waals surface area contributed by atoms with Crippen LogP contribution in [0.1, 0.15) is 32.1 Å². The lowest BCUT2D eigenvalue weighted by Gasteiger charge is -2.26. The summed E-state index contributed by atoms with van der Waals surface area (Å²) >= 11 is 0. The second-order valence-corrected chi connectivity index (χ2v) is 5.69. The minimum absolute atomic E-state index is 0.245. The van der Waals surface area contributed by atoms with E-state index in [1.165, 1.54) is 19.3 Å². The van der Waals surface area contributed by atoms with E-state index in [0.29, 0.717) is 12.5 Å². The van der Waals surface area contributed by atoms with E-state index in [2.05, 4.69) is 16.7 Å². The highest BCUT2D eigenvalue weighted by atomic mass is 16.2. The first kappa shape index (κ1) is 13.4. The molecule has 3 rings (SSSR count). The van der Waals surface area contributed by atoms with Gasteiger partial charge >= 0.3 is 0 Å². The summed E-state index contributed by atoms with van der Waals surface area (Å²) in [5, 5.41) is 7.07. The van der Waals surface area contributed by atoms with Gasteiger partial charge in [0.1, 0.15) is 0 Å². The minimum Gasteiger partial charge on any atom is -0.382 e. The van der Waals surface area contributed by atoms with Crippen molar-refractivity contribution in [1.29, 1.82) is 0 Å². The second-order valence-electron chi connectivity index (χ2n) is 5.69. The lowest BCUT2D eigenvalue weighted by molar-refractivity contribution is -0.117. The summed E-state index contributed by atoms with van der Waals surface area (Å²) in [5.41, 5.74) is 2.11. The van der Waals surface area contributed by atoms with E-state index >= 15 is 0 Å². The van der Waals surface area contributed by atoms with Gasteiger partial charge in [-0.2, -0.15) is 0 Å². The molecule has 0 aromatic heterocycles. The molecule has 4 heteroatoms. The molecule has 108 valence electrons. The molecule has 2 saturated heterocycles. The Morgan fingerprint density at radius 1 is 1.25 bits per heavy atom. The Morgan fingerprint density at radius 2 is 2.15 bits per heavy atom. The van der Waals surface area contributed by atoms with Gasteiger partial charge in [0.25, 0.3) is 0 Å². The summed E-state index contributed by atoms with van der Waals surface area (Å²) in [6, 6.07) is 8.70. The second kappa shape index (κ2) is 6.27. The molecule has 1 atom stereocenters. The van der Waals surface area contributed by atoms with Crippen molar-refractivity contribution in [3.63, 3.8) is 0 Å². The van der Waals surface area contributed by atoms with E-state index in [1.807, 2.05) is 23.1 Å². The van der Waals surface area contributed by atoms with Gasteiger partial charge in [0.05, 0.1) is 11.4 Å². The molecule has 4 nitrogen and oxygen atoms in total. The molecular formula is C16H23N3O. The van der Waals surface area contributed by atoms with Crippen LogP contribution in [-0.2, 0) is 4.79 Å². The van der Waals surface area contributed by atoms with Crippen molar-refractivity contribution in [1.82, 2.24) is 5.32 Å². The van der Waals surface area contributed by atoms with Gasteiger partial charge in [-0.15, -0.1) is 0 Å². The van der Waals surface area contributed by atoms with Gasteiger partial charge in [0.15, 0.2) is 0 Å². The summed E-state index contributed by atoms with van der Waals surface area (Å²) in [6.07, 6.45) is 5.48. The highest BCUT2D eigenvalue weighted by Crippen LogP contribution is 2.29. The van der Waals surface area contributed by atoms with E-state index in [-0.39, 0.29) is 5.91 Å². The number of nitrogens with zero attached hydrogens (tertiary/aromatic N) is 1. The first-order chi connectivity index (χ1) is 9.84. The van der Waals surface area contributed by atoms with Crippen LogP contribution in [0.4, 0.5) is 11.4 Å². The fourth-order valence-corrected chi connectivity index (χ4v) is 3.09. The molecule has 2 aliphatic heterocycles. The molecule has 1 unspecified atom stereocenters. The van der Waals surface area contributed by atoms with E-state index in [9.17, 15) is 4.79 Å². The number of hydrogen-bond donors (Lipinski definition) is 2. The molecule has 1 amide bonds. The molecule has 0 bridgehead atoms. The van der Waals surface area contributed by atoms with Crippen LogP contribution in [0.3, 0.4) is 0 Å². The zero-order valence-corrected chi connectivity index (χ0v) is 11.9. The first-order valence-corrected chi connectivity index (χ1v) is 7.71. The van der Waals surface area contributed by atoms with Gasteiger partial charge in [-0.3, -0.25) is 4.79 Å². The molecule has 1 aromatic rings. The third-order valence-corrected chi connectivity index (χ3v) is 4.22. The van der Waals surface area contributed by atoms with E-state index in [1.54, 1.807) is 0 Å². The molecule has 1 aromatic carbocycles. The predicted molar refractivity (Wildman–Crippen MR) is 82.2 cm³/mol. The molecule has 20 heavy (non-hydrogen) atoms. The largest absolute Gasteiger partial charge is 0.382 e. The topological polar surface area (TPSA) is 44.4 Å². The van der Waals surface area contributed by atoms with Crippen LogP contribution in [0.2, 0.25) is 0 Å². The normalized spacial score (nSPS) is 23.1. The lowest BCUT2D eigenvalue weighted by Crippen LogP contribution is -2.39. The summed E-state index contributed by atoms with van der Waals surface area (Å²) in [7, 11) is 0. The number of rotatable bonds is 4. The number of carbonyl (C=O) groups excluding carboxylic acids is 1. The highest BCUT2D eigenvalue weighted by molar-refractivity contribution is 5.98.